The summed E-state index contributed by atoms with van der Waals surface area (Å²) in [4.78, 5) is 19.5. The number of carbonyl (C=O) groups excluding carboxylic acids is 1. The van der Waals surface area contributed by atoms with E-state index in [2.05, 4.69) is 22.0 Å². The van der Waals surface area contributed by atoms with Crippen LogP contribution in [0.4, 0.5) is 11.4 Å². The second-order valence-corrected chi connectivity index (χ2v) is 7.75. The molecule has 8 heteroatoms. The van der Waals surface area contributed by atoms with Gasteiger partial charge in [0.25, 0.3) is 0 Å². The van der Waals surface area contributed by atoms with Crippen molar-refractivity contribution in [2.45, 2.75) is 0 Å². The maximum Gasteiger partial charge on any atom is 0.343 e. The van der Waals surface area contributed by atoms with E-state index in [0.717, 1.165) is 37.6 Å². The second-order valence-electron chi connectivity index (χ2n) is 7.75. The van der Waals surface area contributed by atoms with Gasteiger partial charge in [-0.15, -0.1) is 0 Å². The maximum atomic E-state index is 12.7. The molecule has 0 atom stereocenters. The van der Waals surface area contributed by atoms with Gasteiger partial charge in [0.05, 0.1) is 45.8 Å². The maximum absolute atomic E-state index is 12.7. The predicted octanol–water partition coefficient (Wildman–Crippen LogP) is 4.52. The first-order valence-electron chi connectivity index (χ1n) is 11.2. The Labute approximate surface area is 204 Å². The van der Waals surface area contributed by atoms with Crippen molar-refractivity contribution in [1.29, 1.82) is 0 Å². The summed E-state index contributed by atoms with van der Waals surface area (Å²) in [6, 6.07) is 18.4. The number of aliphatic imine (C=N–C) groups is 1. The standard InChI is InChI=1S/C27H28N2O6/c1-31-24-16-20(17-25(32-2)26(24)33-3)27(30)35-23-10-4-19(5-11-23)18-28-21-6-8-22(9-7-21)29-12-14-34-15-13-29/h4-11,16-18H,12-15H2,1-3H3. The Kier molecular flexibility index (Phi) is 7.84. The van der Waals surface area contributed by atoms with Crippen molar-refractivity contribution in [3.05, 3.63) is 71.8 Å². The summed E-state index contributed by atoms with van der Waals surface area (Å²) >= 11 is 0. The minimum Gasteiger partial charge on any atom is -0.493 e. The highest BCUT2D eigenvalue weighted by molar-refractivity contribution is 5.93. The molecule has 0 saturated carbocycles. The highest BCUT2D eigenvalue weighted by Crippen LogP contribution is 2.38. The number of esters is 1. The van der Waals surface area contributed by atoms with Gasteiger partial charge in [0.15, 0.2) is 11.5 Å². The van der Waals surface area contributed by atoms with E-state index in [-0.39, 0.29) is 5.56 Å². The molecule has 1 fully saturated rings. The molecule has 0 amide bonds. The van der Waals surface area contributed by atoms with E-state index in [1.807, 2.05) is 24.3 Å². The SMILES string of the molecule is COc1cc(C(=O)Oc2ccc(C=Nc3ccc(N4CCOCC4)cc3)cc2)cc(OC)c1OC. The lowest BCUT2D eigenvalue weighted by atomic mass is 10.2. The number of morpholine rings is 1. The molecule has 0 N–H and O–H groups in total. The number of benzene rings is 3. The summed E-state index contributed by atoms with van der Waals surface area (Å²) in [5.74, 6) is 1.04. The first-order valence-corrected chi connectivity index (χ1v) is 11.2. The first kappa shape index (κ1) is 24.1. The molecule has 0 spiro atoms. The lowest BCUT2D eigenvalue weighted by Crippen LogP contribution is -2.36. The van der Waals surface area contributed by atoms with Crippen LogP contribution in [-0.2, 0) is 4.74 Å². The Bertz CT molecular complexity index is 1140. The van der Waals surface area contributed by atoms with Crippen molar-refractivity contribution >= 4 is 23.6 Å². The van der Waals surface area contributed by atoms with Gasteiger partial charge in [-0.05, 0) is 66.2 Å². The smallest absolute Gasteiger partial charge is 0.343 e. The quantitative estimate of drug-likeness (QED) is 0.269. The Morgan fingerprint density at radius 2 is 1.51 bits per heavy atom. The summed E-state index contributed by atoms with van der Waals surface area (Å²) < 4.78 is 26.8. The van der Waals surface area contributed by atoms with E-state index < -0.39 is 5.97 Å². The van der Waals surface area contributed by atoms with Gasteiger partial charge in [-0.25, -0.2) is 4.79 Å². The van der Waals surface area contributed by atoms with Crippen LogP contribution >= 0.6 is 0 Å². The molecule has 35 heavy (non-hydrogen) atoms. The topological polar surface area (TPSA) is 78.8 Å². The number of hydrogen-bond donors (Lipinski definition) is 0. The van der Waals surface area contributed by atoms with Crippen LogP contribution in [0.5, 0.6) is 23.0 Å². The molecule has 0 bridgehead atoms. The van der Waals surface area contributed by atoms with Gasteiger partial charge >= 0.3 is 5.97 Å². The normalized spacial score (nSPS) is 13.5. The first-order chi connectivity index (χ1) is 17.1. The van der Waals surface area contributed by atoms with Gasteiger partial charge in [0.2, 0.25) is 5.75 Å². The molecular formula is C27H28N2O6. The van der Waals surface area contributed by atoms with Crippen LogP contribution in [-0.4, -0.2) is 59.8 Å². The van der Waals surface area contributed by atoms with Gasteiger partial charge in [-0.1, -0.05) is 0 Å². The van der Waals surface area contributed by atoms with Gasteiger partial charge in [-0.2, -0.15) is 0 Å². The van der Waals surface area contributed by atoms with Crippen LogP contribution in [0.15, 0.2) is 65.7 Å². The zero-order chi connectivity index (χ0) is 24.6. The largest absolute Gasteiger partial charge is 0.493 e. The van der Waals surface area contributed by atoms with E-state index in [1.165, 1.54) is 27.0 Å². The number of carbonyl (C=O) groups is 1. The summed E-state index contributed by atoms with van der Waals surface area (Å²) in [5, 5.41) is 0. The van der Waals surface area contributed by atoms with Crippen LogP contribution in [0.25, 0.3) is 0 Å². The average Bonchev–Trinajstić information content (AvgIpc) is 2.92. The Balaban J connectivity index is 1.39. The van der Waals surface area contributed by atoms with Crippen molar-refractivity contribution in [3.8, 4) is 23.0 Å². The molecule has 3 aromatic carbocycles. The summed E-state index contributed by atoms with van der Waals surface area (Å²) in [6.07, 6.45) is 1.77. The molecule has 182 valence electrons. The van der Waals surface area contributed by atoms with Crippen molar-refractivity contribution in [2.75, 3.05) is 52.5 Å². The van der Waals surface area contributed by atoms with Crippen LogP contribution < -0.4 is 23.8 Å². The van der Waals surface area contributed by atoms with Crippen LogP contribution in [0.2, 0.25) is 0 Å². The third-order valence-corrected chi connectivity index (χ3v) is 5.58. The average molecular weight is 477 g/mol. The minimum absolute atomic E-state index is 0.283. The zero-order valence-corrected chi connectivity index (χ0v) is 20.0. The molecular weight excluding hydrogens is 448 g/mol. The van der Waals surface area contributed by atoms with Gasteiger partial charge < -0.3 is 28.6 Å². The summed E-state index contributed by atoms with van der Waals surface area (Å²) in [5.41, 5.74) is 3.20. The molecule has 1 aliphatic heterocycles. The molecule has 1 aliphatic rings. The third kappa shape index (κ3) is 5.91. The van der Waals surface area contributed by atoms with Crippen molar-refractivity contribution in [2.24, 2.45) is 4.99 Å². The van der Waals surface area contributed by atoms with Crippen LogP contribution in [0, 0.1) is 0 Å². The Morgan fingerprint density at radius 3 is 2.09 bits per heavy atom. The highest BCUT2D eigenvalue weighted by Gasteiger charge is 2.18. The van der Waals surface area contributed by atoms with Crippen LogP contribution in [0.3, 0.4) is 0 Å². The molecule has 0 unspecified atom stereocenters. The van der Waals surface area contributed by atoms with E-state index >= 15 is 0 Å². The van der Waals surface area contributed by atoms with Crippen molar-refractivity contribution < 1.29 is 28.5 Å². The molecule has 4 rings (SSSR count). The Hall–Kier alpha value is -4.04. The van der Waals surface area contributed by atoms with Crippen molar-refractivity contribution in [1.82, 2.24) is 0 Å². The number of anilines is 1. The fourth-order valence-corrected chi connectivity index (χ4v) is 3.71. The van der Waals surface area contributed by atoms with E-state index in [4.69, 9.17) is 23.7 Å². The third-order valence-electron chi connectivity index (χ3n) is 5.58. The summed E-state index contributed by atoms with van der Waals surface area (Å²) in [7, 11) is 4.49. The zero-order valence-electron chi connectivity index (χ0n) is 20.0. The van der Waals surface area contributed by atoms with Gasteiger partial charge in [0.1, 0.15) is 5.75 Å². The van der Waals surface area contributed by atoms with Gasteiger partial charge in [-0.3, -0.25) is 4.99 Å². The van der Waals surface area contributed by atoms with Crippen molar-refractivity contribution in [3.63, 3.8) is 0 Å². The van der Waals surface area contributed by atoms with E-state index in [1.54, 1.807) is 30.5 Å². The second kappa shape index (κ2) is 11.4. The van der Waals surface area contributed by atoms with Crippen LogP contribution in [0.1, 0.15) is 15.9 Å². The predicted molar refractivity (Wildman–Crippen MR) is 134 cm³/mol. The number of nitrogens with zero attached hydrogens (tertiary/aromatic N) is 2. The molecule has 0 aliphatic carbocycles. The number of hydrogen-bond acceptors (Lipinski definition) is 8. The molecule has 0 radical (unpaired) electrons. The number of ether oxygens (including phenoxy) is 5. The monoisotopic (exact) mass is 476 g/mol. The Morgan fingerprint density at radius 1 is 0.886 bits per heavy atom. The fourth-order valence-electron chi connectivity index (χ4n) is 3.71. The molecule has 1 heterocycles. The molecule has 8 nitrogen and oxygen atoms in total. The number of rotatable bonds is 8. The van der Waals surface area contributed by atoms with Gasteiger partial charge in [0, 0.05) is 25.0 Å². The number of methoxy groups -OCH3 is 3. The van der Waals surface area contributed by atoms with E-state index in [9.17, 15) is 4.79 Å². The summed E-state index contributed by atoms with van der Waals surface area (Å²) in [6.45, 7) is 3.32. The fraction of sp³-hybridized carbons (Fsp3) is 0.259. The molecule has 1 saturated heterocycles. The van der Waals surface area contributed by atoms with E-state index in [0.29, 0.717) is 23.0 Å². The highest BCUT2D eigenvalue weighted by atomic mass is 16.5. The lowest BCUT2D eigenvalue weighted by Gasteiger charge is -2.28. The minimum atomic E-state index is -0.536. The molecule has 3 aromatic rings. The lowest BCUT2D eigenvalue weighted by molar-refractivity contribution is 0.0734. The molecule has 0 aromatic heterocycles.